The molecule has 5 aliphatic rings. The van der Waals surface area contributed by atoms with Crippen LogP contribution in [-0.2, 0) is 4.79 Å². The molecule has 0 N–H and O–H groups in total. The maximum Gasteiger partial charge on any atom is 0.139 e. The van der Waals surface area contributed by atoms with Crippen molar-refractivity contribution in [2.75, 3.05) is 11.5 Å². The molecule has 1 saturated heterocycles. The zero-order valence-corrected chi connectivity index (χ0v) is 22.6. The summed E-state index contributed by atoms with van der Waals surface area (Å²) < 4.78 is 0.396. The molecule has 1 spiro atoms. The molecule has 1 aliphatic heterocycles. The van der Waals surface area contributed by atoms with E-state index < -0.39 is 0 Å². The van der Waals surface area contributed by atoms with E-state index in [4.69, 9.17) is 0 Å². The number of ketones is 1. The summed E-state index contributed by atoms with van der Waals surface area (Å²) in [5.74, 6) is 6.35. The van der Waals surface area contributed by atoms with Crippen LogP contribution in [0.15, 0.2) is 11.6 Å². The van der Waals surface area contributed by atoms with Gasteiger partial charge in [-0.05, 0) is 74.0 Å². The summed E-state index contributed by atoms with van der Waals surface area (Å²) in [5.41, 5.74) is 2.29. The second kappa shape index (κ2) is 9.29. The maximum atomic E-state index is 12.9. The molecule has 32 heavy (non-hydrogen) atoms. The number of fused-ring (bicyclic) bond motifs is 5. The van der Waals surface area contributed by atoms with Crippen LogP contribution in [0.2, 0.25) is 0 Å². The molecule has 3 heteroatoms. The first kappa shape index (κ1) is 23.8. The van der Waals surface area contributed by atoms with Gasteiger partial charge in [0, 0.05) is 23.3 Å². The van der Waals surface area contributed by atoms with E-state index in [1.165, 1.54) is 88.6 Å². The maximum absolute atomic E-state index is 12.9. The minimum atomic E-state index is 0.0104. The molecule has 0 bridgehead atoms. The van der Waals surface area contributed by atoms with Crippen molar-refractivity contribution < 1.29 is 4.79 Å². The highest BCUT2D eigenvalue weighted by Gasteiger charge is 2.61. The average Bonchev–Trinajstić information content (AvgIpc) is 3.36. The number of carbonyl (C=O) groups excluding carboxylic acids is 1. The number of thioether (sulfide) groups is 2. The number of carbonyl (C=O) groups is 1. The van der Waals surface area contributed by atoms with Gasteiger partial charge < -0.3 is 0 Å². The third-order valence-electron chi connectivity index (χ3n) is 10.7. The van der Waals surface area contributed by atoms with Crippen LogP contribution < -0.4 is 0 Å². The van der Waals surface area contributed by atoms with Crippen molar-refractivity contribution in [3.05, 3.63) is 11.6 Å². The van der Waals surface area contributed by atoms with Gasteiger partial charge in [-0.15, -0.1) is 23.5 Å². The highest BCUT2D eigenvalue weighted by Crippen LogP contribution is 2.68. The molecule has 0 aromatic carbocycles. The summed E-state index contributed by atoms with van der Waals surface area (Å²) in [6.45, 7) is 7.33. The Balaban J connectivity index is 1.40. The number of Topliss-reactive ketones (excluding diaryl/α,β-unsaturated/α-hetero) is 1. The predicted octanol–water partition coefficient (Wildman–Crippen LogP) is 8.67. The lowest BCUT2D eigenvalue weighted by atomic mass is 9.45. The summed E-state index contributed by atoms with van der Waals surface area (Å²) in [7, 11) is 0. The fourth-order valence-electron chi connectivity index (χ4n) is 8.81. The highest BCUT2D eigenvalue weighted by molar-refractivity contribution is 8.21. The predicted molar refractivity (Wildman–Crippen MR) is 141 cm³/mol. The molecule has 0 amide bonds. The lowest BCUT2D eigenvalue weighted by Crippen LogP contribution is -2.53. The second-order valence-electron chi connectivity index (χ2n) is 12.3. The van der Waals surface area contributed by atoms with Gasteiger partial charge in [0.25, 0.3) is 0 Å². The minimum Gasteiger partial charge on any atom is -0.299 e. The smallest absolute Gasteiger partial charge is 0.139 e. The molecule has 0 unspecified atom stereocenters. The van der Waals surface area contributed by atoms with Gasteiger partial charge in [0.2, 0.25) is 0 Å². The number of allylic oxidation sites excluding steroid dienone is 1. The van der Waals surface area contributed by atoms with Crippen LogP contribution in [0.5, 0.6) is 0 Å². The van der Waals surface area contributed by atoms with Crippen LogP contribution in [0, 0.1) is 34.5 Å². The first-order chi connectivity index (χ1) is 15.4. The largest absolute Gasteiger partial charge is 0.299 e. The Morgan fingerprint density at radius 3 is 2.41 bits per heavy atom. The highest BCUT2D eigenvalue weighted by atomic mass is 32.2. The Hall–Kier alpha value is 0.110. The number of unbranched alkanes of at least 4 members (excludes halogenated alkanes) is 5. The molecule has 0 radical (unpaired) electrons. The third kappa shape index (κ3) is 3.98. The van der Waals surface area contributed by atoms with E-state index in [2.05, 4.69) is 50.4 Å². The molecule has 1 heterocycles. The van der Waals surface area contributed by atoms with Crippen LogP contribution in [0.4, 0.5) is 0 Å². The van der Waals surface area contributed by atoms with E-state index in [1.807, 2.05) is 5.57 Å². The molecule has 1 nitrogen and oxygen atoms in total. The van der Waals surface area contributed by atoms with Gasteiger partial charge in [0.15, 0.2) is 0 Å². The second-order valence-corrected chi connectivity index (χ2v) is 15.4. The van der Waals surface area contributed by atoms with Crippen molar-refractivity contribution in [2.24, 2.45) is 34.5 Å². The standard InChI is InChI=1S/C29H46OS2/c1-4-5-6-7-8-9-10-21-19-22-23-11-12-26(30)28(23,3)14-13-24(22)27(2)15-16-29(20-25(21)27)31-17-18-32-29/h20-24H,4-19H2,1-3H3/t21-,22-,23-,24-,27+,28-/m0/s1. The first-order valence-electron chi connectivity index (χ1n) is 14.0. The van der Waals surface area contributed by atoms with Crippen LogP contribution in [0.1, 0.15) is 111 Å². The van der Waals surface area contributed by atoms with Gasteiger partial charge in [0.1, 0.15) is 5.78 Å². The molecular weight excluding hydrogens is 428 g/mol. The summed E-state index contributed by atoms with van der Waals surface area (Å²) in [6, 6.07) is 0. The summed E-state index contributed by atoms with van der Waals surface area (Å²) in [4.78, 5) is 12.9. The third-order valence-corrected chi connectivity index (χ3v) is 14.1. The van der Waals surface area contributed by atoms with Crippen LogP contribution in [0.3, 0.4) is 0 Å². The van der Waals surface area contributed by atoms with Crippen molar-refractivity contribution in [3.8, 4) is 0 Å². The Morgan fingerprint density at radius 1 is 0.906 bits per heavy atom. The van der Waals surface area contributed by atoms with E-state index in [0.717, 1.165) is 30.6 Å². The van der Waals surface area contributed by atoms with Crippen molar-refractivity contribution in [2.45, 2.75) is 115 Å². The van der Waals surface area contributed by atoms with E-state index in [9.17, 15) is 4.79 Å². The normalized spacial score (nSPS) is 42.5. The Bertz CT molecular complexity index is 737. The molecule has 180 valence electrons. The fraction of sp³-hybridized carbons (Fsp3) is 0.897. The molecule has 0 aromatic rings. The first-order valence-corrected chi connectivity index (χ1v) is 15.9. The summed E-state index contributed by atoms with van der Waals surface area (Å²) in [6.07, 6.45) is 21.3. The van der Waals surface area contributed by atoms with Crippen molar-refractivity contribution in [1.82, 2.24) is 0 Å². The molecule has 5 rings (SSSR count). The Kier molecular flexibility index (Phi) is 6.92. The number of hydrogen-bond donors (Lipinski definition) is 0. The van der Waals surface area contributed by atoms with Crippen molar-refractivity contribution >= 4 is 29.3 Å². The zero-order chi connectivity index (χ0) is 22.4. The Morgan fingerprint density at radius 2 is 1.62 bits per heavy atom. The average molecular weight is 475 g/mol. The molecule has 0 aromatic heterocycles. The monoisotopic (exact) mass is 474 g/mol. The van der Waals surface area contributed by atoms with E-state index in [1.54, 1.807) is 0 Å². The van der Waals surface area contributed by atoms with E-state index in [-0.39, 0.29) is 5.41 Å². The fourth-order valence-corrected chi connectivity index (χ4v) is 11.9. The minimum absolute atomic E-state index is 0.0104. The number of rotatable bonds is 7. The van der Waals surface area contributed by atoms with Gasteiger partial charge in [-0.1, -0.05) is 70.9 Å². The van der Waals surface area contributed by atoms with Gasteiger partial charge in [-0.3, -0.25) is 4.79 Å². The SMILES string of the molecule is CCCCCCCC[C@H]1C[C@@H]2[C@H](CC[C@]3(C)C(=O)CC[C@@H]23)[C@@]2(C)CCC3(C=C12)SCCS3. The zero-order valence-electron chi connectivity index (χ0n) is 20.9. The molecule has 4 aliphatic carbocycles. The van der Waals surface area contributed by atoms with Gasteiger partial charge in [-0.2, -0.15) is 0 Å². The topological polar surface area (TPSA) is 17.1 Å². The quantitative estimate of drug-likeness (QED) is 0.271. The van der Waals surface area contributed by atoms with Gasteiger partial charge >= 0.3 is 0 Å². The Labute approximate surface area is 206 Å². The van der Waals surface area contributed by atoms with E-state index >= 15 is 0 Å². The van der Waals surface area contributed by atoms with E-state index in [0.29, 0.717) is 21.2 Å². The molecule has 3 saturated carbocycles. The summed E-state index contributed by atoms with van der Waals surface area (Å²) in [5, 5.41) is 0. The summed E-state index contributed by atoms with van der Waals surface area (Å²) >= 11 is 4.49. The molecular formula is C29H46OS2. The van der Waals surface area contributed by atoms with Crippen molar-refractivity contribution in [1.29, 1.82) is 0 Å². The van der Waals surface area contributed by atoms with Gasteiger partial charge in [0.05, 0.1) is 4.08 Å². The molecule has 4 fully saturated rings. The molecule has 6 atom stereocenters. The van der Waals surface area contributed by atoms with Crippen LogP contribution >= 0.6 is 23.5 Å². The van der Waals surface area contributed by atoms with Gasteiger partial charge in [-0.25, -0.2) is 0 Å². The lowest BCUT2D eigenvalue weighted by Gasteiger charge is -2.60. The van der Waals surface area contributed by atoms with Crippen LogP contribution in [0.25, 0.3) is 0 Å². The van der Waals surface area contributed by atoms with Crippen molar-refractivity contribution in [3.63, 3.8) is 0 Å². The lowest BCUT2D eigenvalue weighted by molar-refractivity contribution is -0.133. The number of hydrogen-bond acceptors (Lipinski definition) is 3. The van der Waals surface area contributed by atoms with Crippen LogP contribution in [-0.4, -0.2) is 21.4 Å².